The predicted octanol–water partition coefficient (Wildman–Crippen LogP) is 3.63. The first-order valence-corrected chi connectivity index (χ1v) is 8.98. The number of benzene rings is 2. The SMILES string of the molecule is CN=C(NCc1cc(F)ccc1F)NCc1c(C)nn(-c2ccccc2)c1C. The van der Waals surface area contributed by atoms with E-state index in [4.69, 9.17) is 0 Å². The number of hydrogen-bond acceptors (Lipinski definition) is 2. The second-order valence-corrected chi connectivity index (χ2v) is 6.41. The van der Waals surface area contributed by atoms with Crippen molar-refractivity contribution in [1.29, 1.82) is 0 Å². The zero-order valence-electron chi connectivity index (χ0n) is 16.1. The van der Waals surface area contributed by atoms with Crippen LogP contribution in [-0.4, -0.2) is 22.8 Å². The smallest absolute Gasteiger partial charge is 0.191 e. The van der Waals surface area contributed by atoms with E-state index in [1.165, 1.54) is 6.07 Å². The first kappa shape index (κ1) is 19.5. The molecular weight excluding hydrogens is 360 g/mol. The van der Waals surface area contributed by atoms with Gasteiger partial charge in [-0.05, 0) is 44.2 Å². The maximum atomic E-state index is 13.8. The first-order chi connectivity index (χ1) is 13.5. The van der Waals surface area contributed by atoms with Crippen molar-refractivity contribution >= 4 is 5.96 Å². The van der Waals surface area contributed by atoms with Gasteiger partial charge in [-0.25, -0.2) is 13.5 Å². The molecule has 0 saturated carbocycles. The standard InChI is InChI=1S/C21H23F2N5/c1-14-19(15(2)28(27-14)18-7-5-4-6-8-18)13-26-21(24-3)25-12-16-11-17(22)9-10-20(16)23/h4-11H,12-13H2,1-3H3,(H2,24,25,26). The summed E-state index contributed by atoms with van der Waals surface area (Å²) in [5, 5.41) is 10.8. The lowest BCUT2D eigenvalue weighted by molar-refractivity contribution is 0.581. The molecule has 2 N–H and O–H groups in total. The van der Waals surface area contributed by atoms with Crippen LogP contribution in [0.4, 0.5) is 8.78 Å². The minimum atomic E-state index is -0.472. The van der Waals surface area contributed by atoms with Crippen molar-refractivity contribution in [3.63, 3.8) is 0 Å². The number of halogens is 2. The quantitative estimate of drug-likeness (QED) is 0.523. The number of aryl methyl sites for hydroxylation is 1. The Balaban J connectivity index is 1.67. The van der Waals surface area contributed by atoms with Gasteiger partial charge in [-0.1, -0.05) is 18.2 Å². The Labute approximate surface area is 163 Å². The van der Waals surface area contributed by atoms with Crippen LogP contribution in [0.5, 0.6) is 0 Å². The van der Waals surface area contributed by atoms with E-state index in [1.54, 1.807) is 7.05 Å². The van der Waals surface area contributed by atoms with E-state index in [2.05, 4.69) is 20.7 Å². The summed E-state index contributed by atoms with van der Waals surface area (Å²) in [7, 11) is 1.63. The topological polar surface area (TPSA) is 54.2 Å². The monoisotopic (exact) mass is 383 g/mol. The van der Waals surface area contributed by atoms with Crippen LogP contribution in [0.15, 0.2) is 53.5 Å². The van der Waals surface area contributed by atoms with Crippen molar-refractivity contribution in [2.24, 2.45) is 4.99 Å². The Morgan fingerprint density at radius 2 is 1.75 bits per heavy atom. The van der Waals surface area contributed by atoms with Crippen LogP contribution >= 0.6 is 0 Å². The fourth-order valence-corrected chi connectivity index (χ4v) is 3.00. The van der Waals surface area contributed by atoms with Gasteiger partial charge in [0.25, 0.3) is 0 Å². The number of nitrogens with zero attached hydrogens (tertiary/aromatic N) is 3. The minimum Gasteiger partial charge on any atom is -0.352 e. The number of aliphatic imine (C=N–C) groups is 1. The molecule has 146 valence electrons. The number of para-hydroxylation sites is 1. The Hall–Kier alpha value is -3.22. The summed E-state index contributed by atoms with van der Waals surface area (Å²) in [5.74, 6) is -0.434. The number of hydrogen-bond donors (Lipinski definition) is 2. The zero-order valence-corrected chi connectivity index (χ0v) is 16.1. The van der Waals surface area contributed by atoms with Crippen molar-refractivity contribution in [3.8, 4) is 5.69 Å². The molecule has 0 amide bonds. The Morgan fingerprint density at radius 3 is 2.46 bits per heavy atom. The lowest BCUT2D eigenvalue weighted by Crippen LogP contribution is -2.36. The Kier molecular flexibility index (Phi) is 6.03. The molecule has 7 heteroatoms. The van der Waals surface area contributed by atoms with Gasteiger partial charge < -0.3 is 10.6 Å². The highest BCUT2D eigenvalue weighted by atomic mass is 19.1. The molecule has 1 heterocycles. The van der Waals surface area contributed by atoms with Gasteiger partial charge in [0.2, 0.25) is 0 Å². The number of guanidine groups is 1. The molecule has 5 nitrogen and oxygen atoms in total. The van der Waals surface area contributed by atoms with Crippen LogP contribution in [0, 0.1) is 25.5 Å². The van der Waals surface area contributed by atoms with Crippen LogP contribution in [0.3, 0.4) is 0 Å². The van der Waals surface area contributed by atoms with Crippen molar-refractivity contribution in [3.05, 3.63) is 82.7 Å². The minimum absolute atomic E-state index is 0.129. The molecule has 1 aromatic heterocycles. The van der Waals surface area contributed by atoms with E-state index < -0.39 is 11.6 Å². The van der Waals surface area contributed by atoms with Crippen LogP contribution in [0.25, 0.3) is 5.69 Å². The van der Waals surface area contributed by atoms with Gasteiger partial charge in [-0.15, -0.1) is 0 Å². The van der Waals surface area contributed by atoms with Crippen molar-refractivity contribution in [2.45, 2.75) is 26.9 Å². The lowest BCUT2D eigenvalue weighted by atomic mass is 10.2. The average Bonchev–Trinajstić information content (AvgIpc) is 2.99. The molecule has 0 bridgehead atoms. The fourth-order valence-electron chi connectivity index (χ4n) is 3.00. The normalized spacial score (nSPS) is 11.5. The molecular formula is C21H23F2N5. The molecule has 0 aliphatic heterocycles. The average molecular weight is 383 g/mol. The van der Waals surface area contributed by atoms with Gasteiger partial charge in [0.15, 0.2) is 5.96 Å². The van der Waals surface area contributed by atoms with Gasteiger partial charge in [0, 0.05) is 37.0 Å². The van der Waals surface area contributed by atoms with Gasteiger partial charge in [-0.2, -0.15) is 5.10 Å². The van der Waals surface area contributed by atoms with E-state index >= 15 is 0 Å². The van der Waals surface area contributed by atoms with Crippen LogP contribution in [0.2, 0.25) is 0 Å². The van der Waals surface area contributed by atoms with Crippen LogP contribution in [-0.2, 0) is 13.1 Å². The number of aromatic nitrogens is 2. The third-order valence-corrected chi connectivity index (χ3v) is 4.55. The maximum Gasteiger partial charge on any atom is 0.191 e. The van der Waals surface area contributed by atoms with Crippen molar-refractivity contribution < 1.29 is 8.78 Å². The molecule has 3 rings (SSSR count). The number of rotatable bonds is 5. The predicted molar refractivity (Wildman–Crippen MR) is 106 cm³/mol. The van der Waals surface area contributed by atoms with Crippen molar-refractivity contribution in [1.82, 2.24) is 20.4 Å². The third kappa shape index (κ3) is 4.36. The van der Waals surface area contributed by atoms with Gasteiger partial charge in [0.1, 0.15) is 11.6 Å². The van der Waals surface area contributed by atoms with Gasteiger partial charge in [0.05, 0.1) is 11.4 Å². The first-order valence-electron chi connectivity index (χ1n) is 8.98. The number of nitrogens with one attached hydrogen (secondary N) is 2. The second kappa shape index (κ2) is 8.65. The highest BCUT2D eigenvalue weighted by Gasteiger charge is 2.13. The molecule has 0 fully saturated rings. The molecule has 0 unspecified atom stereocenters. The van der Waals surface area contributed by atoms with E-state index in [-0.39, 0.29) is 12.1 Å². The third-order valence-electron chi connectivity index (χ3n) is 4.55. The molecule has 0 radical (unpaired) electrons. The largest absolute Gasteiger partial charge is 0.352 e. The lowest BCUT2D eigenvalue weighted by Gasteiger charge is -2.13. The summed E-state index contributed by atoms with van der Waals surface area (Å²) >= 11 is 0. The summed E-state index contributed by atoms with van der Waals surface area (Å²) in [4.78, 5) is 4.15. The fraction of sp³-hybridized carbons (Fsp3) is 0.238. The van der Waals surface area contributed by atoms with Gasteiger partial charge in [-0.3, -0.25) is 4.99 Å². The highest BCUT2D eigenvalue weighted by molar-refractivity contribution is 5.79. The summed E-state index contributed by atoms with van der Waals surface area (Å²) in [6, 6.07) is 13.3. The molecule has 3 aromatic rings. The molecule has 0 spiro atoms. The van der Waals surface area contributed by atoms with E-state index in [0.29, 0.717) is 12.5 Å². The summed E-state index contributed by atoms with van der Waals surface area (Å²) in [6.07, 6.45) is 0. The maximum absolute atomic E-state index is 13.8. The molecule has 0 aliphatic carbocycles. The van der Waals surface area contributed by atoms with Crippen LogP contribution in [0.1, 0.15) is 22.5 Å². The van der Waals surface area contributed by atoms with Crippen LogP contribution < -0.4 is 10.6 Å². The molecule has 2 aromatic carbocycles. The van der Waals surface area contributed by atoms with Crippen molar-refractivity contribution in [2.75, 3.05) is 7.05 Å². The summed E-state index contributed by atoms with van der Waals surface area (Å²) in [5.41, 5.74) is 4.25. The molecule has 0 aliphatic rings. The molecule has 28 heavy (non-hydrogen) atoms. The van der Waals surface area contributed by atoms with E-state index in [0.717, 1.165) is 34.8 Å². The van der Waals surface area contributed by atoms with Gasteiger partial charge >= 0.3 is 0 Å². The Bertz CT molecular complexity index is 980. The zero-order chi connectivity index (χ0) is 20.1. The molecule has 0 saturated heterocycles. The van der Waals surface area contributed by atoms with E-state index in [9.17, 15) is 8.78 Å². The second-order valence-electron chi connectivity index (χ2n) is 6.41. The highest BCUT2D eigenvalue weighted by Crippen LogP contribution is 2.17. The summed E-state index contributed by atoms with van der Waals surface area (Å²) < 4.78 is 29.0. The van der Waals surface area contributed by atoms with E-state index in [1.807, 2.05) is 48.9 Å². The Morgan fingerprint density at radius 1 is 1.04 bits per heavy atom. The molecule has 0 atom stereocenters. The summed E-state index contributed by atoms with van der Waals surface area (Å²) in [6.45, 7) is 4.62.